The van der Waals surface area contributed by atoms with Crippen LogP contribution < -0.4 is 4.72 Å². The maximum Gasteiger partial charge on any atom is 0.244 e. The summed E-state index contributed by atoms with van der Waals surface area (Å²) in [6, 6.07) is 0. The van der Waals surface area contributed by atoms with Crippen molar-refractivity contribution in [2.75, 3.05) is 6.54 Å². The van der Waals surface area contributed by atoms with Gasteiger partial charge in [-0.05, 0) is 13.8 Å². The Labute approximate surface area is 112 Å². The molecule has 0 aliphatic heterocycles. The third-order valence-corrected chi connectivity index (χ3v) is 4.65. The molecule has 0 aromatic carbocycles. The zero-order chi connectivity index (χ0) is 14.0. The van der Waals surface area contributed by atoms with Gasteiger partial charge in [-0.2, -0.15) is 5.10 Å². The van der Waals surface area contributed by atoms with E-state index < -0.39 is 10.0 Å². The lowest BCUT2D eigenvalue weighted by Crippen LogP contribution is -2.28. The fourth-order valence-corrected chi connectivity index (χ4v) is 3.40. The smallest absolute Gasteiger partial charge is 0.244 e. The monoisotopic (exact) mass is 283 g/mol. The van der Waals surface area contributed by atoms with Crippen LogP contribution in [0.25, 0.3) is 0 Å². The first-order chi connectivity index (χ1) is 8.92. The quantitative estimate of drug-likeness (QED) is 0.850. The van der Waals surface area contributed by atoms with Crippen LogP contribution in [-0.2, 0) is 23.6 Å². The van der Waals surface area contributed by atoms with Crippen LogP contribution in [0.2, 0.25) is 0 Å². The number of sulfonamides is 1. The molecule has 8 heteroatoms. The molecule has 1 N–H and O–H groups in total. The standard InChI is InChI=1S/C11H17N5O2S/c1-9-11(10(2)15(3)14-9)19(17,18)13-5-7-16-6-4-12-8-16/h4,6,8,13H,5,7H2,1-3H3. The van der Waals surface area contributed by atoms with Gasteiger partial charge in [0.15, 0.2) is 0 Å². The van der Waals surface area contributed by atoms with Crippen LogP contribution in [0.4, 0.5) is 0 Å². The molecule has 19 heavy (non-hydrogen) atoms. The van der Waals surface area contributed by atoms with Crippen LogP contribution in [0, 0.1) is 13.8 Å². The third kappa shape index (κ3) is 2.85. The van der Waals surface area contributed by atoms with Crippen molar-refractivity contribution >= 4 is 10.0 Å². The maximum absolute atomic E-state index is 12.2. The summed E-state index contributed by atoms with van der Waals surface area (Å²) in [6.45, 7) is 4.28. The minimum Gasteiger partial charge on any atom is -0.336 e. The van der Waals surface area contributed by atoms with Crippen LogP contribution in [0.3, 0.4) is 0 Å². The van der Waals surface area contributed by atoms with Gasteiger partial charge in [-0.15, -0.1) is 0 Å². The van der Waals surface area contributed by atoms with Crippen LogP contribution in [0.15, 0.2) is 23.6 Å². The molecule has 0 radical (unpaired) electrons. The van der Waals surface area contributed by atoms with Gasteiger partial charge in [0.2, 0.25) is 10.0 Å². The Bertz CT molecular complexity index is 658. The lowest BCUT2D eigenvalue weighted by molar-refractivity contribution is 0.571. The molecule has 0 atom stereocenters. The summed E-state index contributed by atoms with van der Waals surface area (Å²) in [5.74, 6) is 0. The second kappa shape index (κ2) is 5.14. The van der Waals surface area contributed by atoms with Gasteiger partial charge in [0.05, 0.1) is 17.7 Å². The zero-order valence-corrected chi connectivity index (χ0v) is 12.0. The second-order valence-electron chi connectivity index (χ2n) is 4.32. The van der Waals surface area contributed by atoms with Crippen molar-refractivity contribution in [2.24, 2.45) is 7.05 Å². The Kier molecular flexibility index (Phi) is 3.72. The largest absolute Gasteiger partial charge is 0.336 e. The molecule has 2 aromatic heterocycles. The molecule has 0 saturated heterocycles. The van der Waals surface area contributed by atoms with E-state index in [-0.39, 0.29) is 4.90 Å². The molecule has 0 spiro atoms. The molecule has 104 valence electrons. The molecule has 0 fully saturated rings. The van der Waals surface area contributed by atoms with E-state index in [0.29, 0.717) is 24.5 Å². The van der Waals surface area contributed by atoms with Gasteiger partial charge >= 0.3 is 0 Å². The summed E-state index contributed by atoms with van der Waals surface area (Å²) in [5.41, 5.74) is 1.14. The van der Waals surface area contributed by atoms with Crippen molar-refractivity contribution in [1.29, 1.82) is 0 Å². The van der Waals surface area contributed by atoms with Crippen LogP contribution in [0.5, 0.6) is 0 Å². The molecule has 2 heterocycles. The molecular weight excluding hydrogens is 266 g/mol. The Balaban J connectivity index is 2.10. The maximum atomic E-state index is 12.2. The Hall–Kier alpha value is -1.67. The minimum atomic E-state index is -3.52. The normalized spacial score (nSPS) is 11.9. The third-order valence-electron chi connectivity index (χ3n) is 2.93. The lowest BCUT2D eigenvalue weighted by atomic mass is 10.4. The van der Waals surface area contributed by atoms with Gasteiger partial charge in [-0.3, -0.25) is 4.68 Å². The van der Waals surface area contributed by atoms with Crippen molar-refractivity contribution in [2.45, 2.75) is 25.3 Å². The topological polar surface area (TPSA) is 81.8 Å². The van der Waals surface area contributed by atoms with E-state index in [1.54, 1.807) is 44.3 Å². The summed E-state index contributed by atoms with van der Waals surface area (Å²) in [5, 5.41) is 4.12. The molecule has 0 aliphatic carbocycles. The number of imidazole rings is 1. The summed E-state index contributed by atoms with van der Waals surface area (Å²) < 4.78 is 30.4. The summed E-state index contributed by atoms with van der Waals surface area (Å²) in [6.07, 6.45) is 5.09. The van der Waals surface area contributed by atoms with E-state index >= 15 is 0 Å². The number of aryl methyl sites for hydroxylation is 2. The van der Waals surface area contributed by atoms with E-state index in [2.05, 4.69) is 14.8 Å². The predicted octanol–water partition coefficient (Wildman–Crippen LogP) is 0.212. The average Bonchev–Trinajstić information content (AvgIpc) is 2.88. The van der Waals surface area contributed by atoms with Crippen molar-refractivity contribution in [3.05, 3.63) is 30.1 Å². The Morgan fingerprint density at radius 3 is 2.63 bits per heavy atom. The fraction of sp³-hybridized carbons (Fsp3) is 0.455. The summed E-state index contributed by atoms with van der Waals surface area (Å²) in [4.78, 5) is 4.16. The van der Waals surface area contributed by atoms with Crippen molar-refractivity contribution in [3.63, 3.8) is 0 Å². The van der Waals surface area contributed by atoms with Gasteiger partial charge in [0.1, 0.15) is 4.90 Å². The predicted molar refractivity (Wildman–Crippen MR) is 70.1 cm³/mol. The average molecular weight is 283 g/mol. The second-order valence-corrected chi connectivity index (χ2v) is 6.03. The van der Waals surface area contributed by atoms with Gasteiger partial charge in [0.25, 0.3) is 0 Å². The molecule has 2 aromatic rings. The first-order valence-corrected chi connectivity index (χ1v) is 7.36. The van der Waals surface area contributed by atoms with Gasteiger partial charge in [0, 0.05) is 32.5 Å². The first-order valence-electron chi connectivity index (χ1n) is 5.87. The number of hydrogen-bond donors (Lipinski definition) is 1. The zero-order valence-electron chi connectivity index (χ0n) is 11.2. The number of aromatic nitrogens is 4. The fourth-order valence-electron chi connectivity index (χ4n) is 1.94. The van der Waals surface area contributed by atoms with E-state index in [0.717, 1.165) is 0 Å². The molecule has 0 bridgehead atoms. The molecule has 0 saturated carbocycles. The summed E-state index contributed by atoms with van der Waals surface area (Å²) >= 11 is 0. The highest BCUT2D eigenvalue weighted by atomic mass is 32.2. The number of rotatable bonds is 5. The molecule has 0 unspecified atom stereocenters. The van der Waals surface area contributed by atoms with Crippen molar-refractivity contribution in [1.82, 2.24) is 24.1 Å². The van der Waals surface area contributed by atoms with Gasteiger partial charge in [-0.25, -0.2) is 18.1 Å². The van der Waals surface area contributed by atoms with Crippen molar-refractivity contribution < 1.29 is 8.42 Å². The van der Waals surface area contributed by atoms with E-state index in [1.807, 2.05) is 4.57 Å². The SMILES string of the molecule is Cc1nn(C)c(C)c1S(=O)(=O)NCCn1ccnc1. The lowest BCUT2D eigenvalue weighted by Gasteiger charge is -2.07. The van der Waals surface area contributed by atoms with E-state index in [9.17, 15) is 8.42 Å². The Morgan fingerprint density at radius 2 is 2.11 bits per heavy atom. The highest BCUT2D eigenvalue weighted by molar-refractivity contribution is 7.89. The molecular formula is C11H17N5O2S. The number of nitrogens with zero attached hydrogens (tertiary/aromatic N) is 4. The van der Waals surface area contributed by atoms with Crippen LogP contribution in [-0.4, -0.2) is 34.3 Å². The minimum absolute atomic E-state index is 0.264. The van der Waals surface area contributed by atoms with Gasteiger partial charge < -0.3 is 4.57 Å². The molecule has 2 rings (SSSR count). The van der Waals surface area contributed by atoms with Crippen molar-refractivity contribution in [3.8, 4) is 0 Å². The Morgan fingerprint density at radius 1 is 1.37 bits per heavy atom. The van der Waals surface area contributed by atoms with E-state index in [4.69, 9.17) is 0 Å². The number of hydrogen-bond acceptors (Lipinski definition) is 4. The van der Waals surface area contributed by atoms with Crippen LogP contribution in [0.1, 0.15) is 11.4 Å². The molecule has 7 nitrogen and oxygen atoms in total. The molecule has 0 aliphatic rings. The van der Waals surface area contributed by atoms with Crippen LogP contribution >= 0.6 is 0 Å². The van der Waals surface area contributed by atoms with Gasteiger partial charge in [-0.1, -0.05) is 0 Å². The summed E-state index contributed by atoms with van der Waals surface area (Å²) in [7, 11) is -1.79. The van der Waals surface area contributed by atoms with E-state index in [1.165, 1.54) is 0 Å². The number of nitrogens with one attached hydrogen (secondary N) is 1. The first kappa shape index (κ1) is 13.8. The highest BCUT2D eigenvalue weighted by Gasteiger charge is 2.23. The molecule has 0 amide bonds. The highest BCUT2D eigenvalue weighted by Crippen LogP contribution is 2.17.